The van der Waals surface area contributed by atoms with Crippen LogP contribution in [0.5, 0.6) is 0 Å². The molecule has 6 heteroatoms. The van der Waals surface area contributed by atoms with Gasteiger partial charge in [0.25, 0.3) is 0 Å². The average Bonchev–Trinajstić information content (AvgIpc) is 3.07. The van der Waals surface area contributed by atoms with E-state index < -0.39 is 0 Å². The average molecular weight is 276 g/mol. The van der Waals surface area contributed by atoms with E-state index in [0.717, 1.165) is 5.76 Å². The first-order valence-electron chi connectivity index (χ1n) is 5.57. The molecule has 2 N–H and O–H groups in total. The Balaban J connectivity index is 1.74. The van der Waals surface area contributed by atoms with Gasteiger partial charge < -0.3 is 14.2 Å². The van der Waals surface area contributed by atoms with Crippen molar-refractivity contribution < 1.29 is 13.6 Å². The molecule has 0 aliphatic heterocycles. The van der Waals surface area contributed by atoms with Gasteiger partial charge in [0.1, 0.15) is 11.5 Å². The van der Waals surface area contributed by atoms with Gasteiger partial charge in [-0.05, 0) is 42.6 Å². The lowest BCUT2D eigenvalue weighted by atomic mass is 10.4. The van der Waals surface area contributed by atoms with E-state index in [2.05, 4.69) is 10.6 Å². The molecular formula is C13H12N2O3S. The third-order valence-corrected chi connectivity index (χ3v) is 2.43. The maximum Gasteiger partial charge on any atom is 0.250 e. The van der Waals surface area contributed by atoms with E-state index in [1.54, 1.807) is 30.5 Å². The second-order valence-corrected chi connectivity index (χ2v) is 4.01. The summed E-state index contributed by atoms with van der Waals surface area (Å²) in [7, 11) is 0. The Labute approximate surface area is 115 Å². The molecule has 2 aromatic rings. The zero-order valence-corrected chi connectivity index (χ0v) is 10.8. The molecule has 2 aromatic heterocycles. The van der Waals surface area contributed by atoms with Gasteiger partial charge in [-0.2, -0.15) is 0 Å². The normalized spacial score (nSPS) is 10.5. The summed E-state index contributed by atoms with van der Waals surface area (Å²) < 4.78 is 10.2. The number of amides is 1. The number of hydrogen-bond donors (Lipinski definition) is 2. The highest BCUT2D eigenvalue weighted by atomic mass is 32.1. The molecule has 0 aliphatic carbocycles. The molecule has 98 valence electrons. The lowest BCUT2D eigenvalue weighted by Crippen LogP contribution is -2.37. The Morgan fingerprint density at radius 1 is 1.26 bits per heavy atom. The zero-order chi connectivity index (χ0) is 13.5. The topological polar surface area (TPSA) is 67.4 Å². The van der Waals surface area contributed by atoms with Crippen LogP contribution in [0, 0.1) is 0 Å². The number of thiocarbonyl (C=S) groups is 1. The van der Waals surface area contributed by atoms with Gasteiger partial charge in [-0.25, -0.2) is 0 Å². The second-order valence-electron chi connectivity index (χ2n) is 3.60. The van der Waals surface area contributed by atoms with Gasteiger partial charge in [0.2, 0.25) is 5.91 Å². The molecule has 0 saturated carbocycles. The molecule has 0 spiro atoms. The summed E-state index contributed by atoms with van der Waals surface area (Å²) in [5.74, 6) is 1.01. The van der Waals surface area contributed by atoms with Crippen molar-refractivity contribution in [1.82, 2.24) is 10.6 Å². The van der Waals surface area contributed by atoms with Crippen molar-refractivity contribution >= 4 is 29.3 Å². The van der Waals surface area contributed by atoms with E-state index in [1.807, 2.05) is 6.07 Å². The standard InChI is InChI=1S/C13H12N2O3S/c16-12(6-5-10-3-1-7-17-10)15-13(19)14-9-11-4-2-8-18-11/h1-8H,9H2,(H2,14,15,16,19)/b6-5+. The Hall–Kier alpha value is -2.34. The van der Waals surface area contributed by atoms with E-state index in [-0.39, 0.29) is 11.0 Å². The van der Waals surface area contributed by atoms with Crippen molar-refractivity contribution in [1.29, 1.82) is 0 Å². The van der Waals surface area contributed by atoms with Crippen LogP contribution in [-0.2, 0) is 11.3 Å². The minimum Gasteiger partial charge on any atom is -0.467 e. The molecule has 0 aliphatic rings. The molecule has 0 radical (unpaired) electrons. The van der Waals surface area contributed by atoms with Crippen molar-refractivity contribution in [2.45, 2.75) is 6.54 Å². The molecule has 0 unspecified atom stereocenters. The summed E-state index contributed by atoms with van der Waals surface area (Å²) in [6, 6.07) is 7.09. The van der Waals surface area contributed by atoms with Crippen LogP contribution in [0.25, 0.3) is 6.08 Å². The molecule has 0 fully saturated rings. The highest BCUT2D eigenvalue weighted by molar-refractivity contribution is 7.80. The van der Waals surface area contributed by atoms with Crippen LogP contribution < -0.4 is 10.6 Å². The largest absolute Gasteiger partial charge is 0.467 e. The van der Waals surface area contributed by atoms with E-state index >= 15 is 0 Å². The predicted octanol–water partition coefficient (Wildman–Crippen LogP) is 2.08. The fraction of sp³-hybridized carbons (Fsp3) is 0.0769. The SMILES string of the molecule is O=C(/C=C/c1ccco1)NC(=S)NCc1ccco1. The van der Waals surface area contributed by atoms with Crippen molar-refractivity contribution in [3.8, 4) is 0 Å². The smallest absolute Gasteiger partial charge is 0.250 e. The molecule has 2 heterocycles. The lowest BCUT2D eigenvalue weighted by molar-refractivity contribution is -0.115. The molecule has 0 saturated heterocycles. The van der Waals surface area contributed by atoms with E-state index in [4.69, 9.17) is 21.1 Å². The van der Waals surface area contributed by atoms with Crippen LogP contribution in [-0.4, -0.2) is 11.0 Å². The number of furan rings is 2. The molecule has 0 aromatic carbocycles. The molecular weight excluding hydrogens is 264 g/mol. The number of hydrogen-bond acceptors (Lipinski definition) is 4. The van der Waals surface area contributed by atoms with Crippen molar-refractivity contribution in [3.63, 3.8) is 0 Å². The minimum absolute atomic E-state index is 0.241. The fourth-order valence-electron chi connectivity index (χ4n) is 1.32. The molecule has 2 rings (SSSR count). The highest BCUT2D eigenvalue weighted by Gasteiger charge is 2.02. The van der Waals surface area contributed by atoms with Crippen molar-refractivity contribution in [3.05, 3.63) is 54.4 Å². The molecule has 19 heavy (non-hydrogen) atoms. The maximum absolute atomic E-state index is 11.5. The van der Waals surface area contributed by atoms with E-state index in [1.165, 1.54) is 12.3 Å². The Kier molecular flexibility index (Phi) is 4.52. The van der Waals surface area contributed by atoms with E-state index in [9.17, 15) is 4.79 Å². The Morgan fingerprint density at radius 3 is 2.74 bits per heavy atom. The number of nitrogens with one attached hydrogen (secondary N) is 2. The molecule has 5 nitrogen and oxygen atoms in total. The third-order valence-electron chi connectivity index (χ3n) is 2.18. The van der Waals surface area contributed by atoms with Gasteiger partial charge in [-0.1, -0.05) is 0 Å². The minimum atomic E-state index is -0.326. The number of rotatable bonds is 4. The molecule has 1 amide bonds. The first kappa shape index (κ1) is 13.1. The van der Waals surface area contributed by atoms with Crippen LogP contribution in [0.1, 0.15) is 11.5 Å². The molecule has 0 atom stereocenters. The van der Waals surface area contributed by atoms with Gasteiger partial charge >= 0.3 is 0 Å². The molecule has 0 bridgehead atoms. The number of carbonyl (C=O) groups excluding carboxylic acids is 1. The summed E-state index contributed by atoms with van der Waals surface area (Å²) in [6.45, 7) is 0.425. The Bertz CT molecular complexity index is 559. The fourth-order valence-corrected chi connectivity index (χ4v) is 1.49. The van der Waals surface area contributed by atoms with E-state index in [0.29, 0.717) is 12.3 Å². The van der Waals surface area contributed by atoms with Crippen LogP contribution in [0.15, 0.2) is 51.7 Å². The van der Waals surface area contributed by atoms with Gasteiger partial charge in [-0.15, -0.1) is 0 Å². The summed E-state index contributed by atoms with van der Waals surface area (Å²) in [5, 5.41) is 5.61. The van der Waals surface area contributed by atoms with Crippen LogP contribution in [0.4, 0.5) is 0 Å². The summed E-state index contributed by atoms with van der Waals surface area (Å²) in [4.78, 5) is 11.5. The van der Waals surface area contributed by atoms with Crippen LogP contribution in [0.3, 0.4) is 0 Å². The van der Waals surface area contributed by atoms with Gasteiger partial charge in [-0.3, -0.25) is 10.1 Å². The maximum atomic E-state index is 11.5. The zero-order valence-electron chi connectivity index (χ0n) is 9.96. The summed E-state index contributed by atoms with van der Waals surface area (Å²) in [5.41, 5.74) is 0. The van der Waals surface area contributed by atoms with Gasteiger partial charge in [0.15, 0.2) is 5.11 Å². The quantitative estimate of drug-likeness (QED) is 0.661. The Morgan fingerprint density at radius 2 is 2.05 bits per heavy atom. The first-order valence-corrected chi connectivity index (χ1v) is 5.97. The lowest BCUT2D eigenvalue weighted by Gasteiger charge is -2.05. The predicted molar refractivity (Wildman–Crippen MR) is 74.0 cm³/mol. The second kappa shape index (κ2) is 6.55. The van der Waals surface area contributed by atoms with Crippen LogP contribution in [0.2, 0.25) is 0 Å². The summed E-state index contributed by atoms with van der Waals surface area (Å²) in [6.07, 6.45) is 6.02. The van der Waals surface area contributed by atoms with Crippen molar-refractivity contribution in [2.75, 3.05) is 0 Å². The van der Waals surface area contributed by atoms with Crippen LogP contribution >= 0.6 is 12.2 Å². The first-order chi connectivity index (χ1) is 9.24. The highest BCUT2D eigenvalue weighted by Crippen LogP contribution is 2.01. The number of carbonyl (C=O) groups is 1. The van der Waals surface area contributed by atoms with Gasteiger partial charge in [0.05, 0.1) is 19.1 Å². The monoisotopic (exact) mass is 276 g/mol. The van der Waals surface area contributed by atoms with Crippen molar-refractivity contribution in [2.24, 2.45) is 0 Å². The third kappa shape index (κ3) is 4.44. The summed E-state index contributed by atoms with van der Waals surface area (Å²) >= 11 is 4.98. The van der Waals surface area contributed by atoms with Gasteiger partial charge in [0, 0.05) is 6.08 Å².